The van der Waals surface area contributed by atoms with Crippen molar-refractivity contribution >= 4 is 45.7 Å². The first kappa shape index (κ1) is 15.7. The number of nitrogens with zero attached hydrogens (tertiary/aromatic N) is 1. The highest BCUT2D eigenvalue weighted by atomic mass is 35.5. The largest absolute Gasteiger partial charge is 0.361 e. The molecule has 4 rings (SSSR count). The summed E-state index contributed by atoms with van der Waals surface area (Å²) < 4.78 is 0. The molecule has 1 aliphatic heterocycles. The average Bonchev–Trinajstić information content (AvgIpc) is 3.23. The van der Waals surface area contributed by atoms with Crippen LogP contribution >= 0.6 is 11.6 Å². The van der Waals surface area contributed by atoms with Crippen LogP contribution in [0.3, 0.4) is 0 Å². The summed E-state index contributed by atoms with van der Waals surface area (Å²) in [6.45, 7) is 0.370. The molecule has 1 saturated heterocycles. The molecular formula is C19H16ClN3O2. The van der Waals surface area contributed by atoms with E-state index in [4.69, 9.17) is 11.6 Å². The quantitative estimate of drug-likeness (QED) is 0.752. The normalized spacial score (nSPS) is 17.2. The molecule has 126 valence electrons. The summed E-state index contributed by atoms with van der Waals surface area (Å²) in [5, 5.41) is 4.52. The molecule has 2 aromatic carbocycles. The number of nitrogens with one attached hydrogen (secondary N) is 2. The van der Waals surface area contributed by atoms with Gasteiger partial charge in [0.1, 0.15) is 0 Å². The monoisotopic (exact) mass is 353 g/mol. The standard InChI is InChI=1S/C19H16ClN3O2/c20-13-4-6-14(7-5-13)23-11-12(10-18(23)24)19(25)22-17-3-1-2-16-15(17)8-9-21-16/h1-9,12,21H,10-11H2,(H,22,25). The van der Waals surface area contributed by atoms with E-state index in [1.165, 1.54) is 0 Å². The molecule has 6 heteroatoms. The predicted octanol–water partition coefficient (Wildman–Crippen LogP) is 3.81. The van der Waals surface area contributed by atoms with Gasteiger partial charge in [-0.25, -0.2) is 0 Å². The number of halogens is 1. The maximum Gasteiger partial charge on any atom is 0.229 e. The van der Waals surface area contributed by atoms with Gasteiger partial charge in [-0.15, -0.1) is 0 Å². The number of fused-ring (bicyclic) bond motifs is 1. The number of H-pyrrole nitrogens is 1. The number of aromatic amines is 1. The Morgan fingerprint density at radius 1 is 1.16 bits per heavy atom. The van der Waals surface area contributed by atoms with Crippen LogP contribution < -0.4 is 10.2 Å². The van der Waals surface area contributed by atoms with Gasteiger partial charge in [-0.1, -0.05) is 17.7 Å². The van der Waals surface area contributed by atoms with Gasteiger partial charge in [0.25, 0.3) is 0 Å². The first-order chi connectivity index (χ1) is 12.1. The van der Waals surface area contributed by atoms with E-state index in [1.807, 2.05) is 30.5 Å². The third kappa shape index (κ3) is 2.98. The van der Waals surface area contributed by atoms with Crippen molar-refractivity contribution in [3.63, 3.8) is 0 Å². The molecule has 0 saturated carbocycles. The molecular weight excluding hydrogens is 338 g/mol. The molecule has 2 amide bonds. The van der Waals surface area contributed by atoms with E-state index in [0.29, 0.717) is 11.6 Å². The molecule has 0 bridgehead atoms. The second-order valence-corrected chi connectivity index (χ2v) is 6.55. The fourth-order valence-electron chi connectivity index (χ4n) is 3.18. The van der Waals surface area contributed by atoms with E-state index in [1.54, 1.807) is 29.2 Å². The zero-order valence-electron chi connectivity index (χ0n) is 13.3. The predicted molar refractivity (Wildman–Crippen MR) is 98.8 cm³/mol. The number of carbonyl (C=O) groups excluding carboxylic acids is 2. The summed E-state index contributed by atoms with van der Waals surface area (Å²) >= 11 is 5.89. The van der Waals surface area contributed by atoms with Gasteiger partial charge < -0.3 is 15.2 Å². The van der Waals surface area contributed by atoms with Crippen molar-refractivity contribution in [1.29, 1.82) is 0 Å². The van der Waals surface area contributed by atoms with Crippen LogP contribution in [-0.4, -0.2) is 23.3 Å². The first-order valence-corrected chi connectivity index (χ1v) is 8.42. The van der Waals surface area contributed by atoms with Crippen molar-refractivity contribution in [2.75, 3.05) is 16.8 Å². The van der Waals surface area contributed by atoms with Crippen molar-refractivity contribution in [3.8, 4) is 0 Å². The molecule has 1 unspecified atom stereocenters. The Morgan fingerprint density at radius 3 is 2.76 bits per heavy atom. The van der Waals surface area contributed by atoms with Gasteiger partial charge in [-0.2, -0.15) is 0 Å². The van der Waals surface area contributed by atoms with E-state index in [9.17, 15) is 9.59 Å². The number of anilines is 2. The number of hydrogen-bond acceptors (Lipinski definition) is 2. The highest BCUT2D eigenvalue weighted by Crippen LogP contribution is 2.28. The number of carbonyl (C=O) groups is 2. The summed E-state index contributed by atoms with van der Waals surface area (Å²) in [4.78, 5) is 29.7. The maximum atomic E-state index is 12.6. The number of rotatable bonds is 3. The fraction of sp³-hybridized carbons (Fsp3) is 0.158. The number of aromatic nitrogens is 1. The van der Waals surface area contributed by atoms with Crippen molar-refractivity contribution < 1.29 is 9.59 Å². The highest BCUT2D eigenvalue weighted by molar-refractivity contribution is 6.30. The van der Waals surface area contributed by atoms with Gasteiger partial charge in [0, 0.05) is 40.8 Å². The van der Waals surface area contributed by atoms with Crippen molar-refractivity contribution in [2.24, 2.45) is 5.92 Å². The Balaban J connectivity index is 1.51. The summed E-state index contributed by atoms with van der Waals surface area (Å²) in [7, 11) is 0. The van der Waals surface area contributed by atoms with Crippen LogP contribution in [0.1, 0.15) is 6.42 Å². The van der Waals surface area contributed by atoms with Crippen molar-refractivity contribution in [1.82, 2.24) is 4.98 Å². The van der Waals surface area contributed by atoms with Gasteiger partial charge >= 0.3 is 0 Å². The lowest BCUT2D eigenvalue weighted by Crippen LogP contribution is -2.28. The molecule has 0 spiro atoms. The summed E-state index contributed by atoms with van der Waals surface area (Å²) in [6.07, 6.45) is 2.04. The lowest BCUT2D eigenvalue weighted by Gasteiger charge is -2.17. The summed E-state index contributed by atoms with van der Waals surface area (Å²) in [6, 6.07) is 14.7. The Bertz CT molecular complexity index is 949. The van der Waals surface area contributed by atoms with Crippen molar-refractivity contribution in [3.05, 3.63) is 59.8 Å². The molecule has 1 aliphatic rings. The smallest absolute Gasteiger partial charge is 0.229 e. The van der Waals surface area contributed by atoms with Gasteiger partial charge in [0.2, 0.25) is 11.8 Å². The van der Waals surface area contributed by atoms with E-state index in [0.717, 1.165) is 22.3 Å². The van der Waals surface area contributed by atoms with E-state index >= 15 is 0 Å². The van der Waals surface area contributed by atoms with Crippen LogP contribution in [0, 0.1) is 5.92 Å². The Hall–Kier alpha value is -2.79. The average molecular weight is 354 g/mol. The molecule has 1 atom stereocenters. The second-order valence-electron chi connectivity index (χ2n) is 6.12. The Labute approximate surface area is 149 Å². The third-order valence-corrected chi connectivity index (χ3v) is 4.74. The SMILES string of the molecule is O=C(Nc1cccc2[nH]ccc12)C1CC(=O)N(c2ccc(Cl)cc2)C1. The van der Waals surface area contributed by atoms with E-state index in [2.05, 4.69) is 10.3 Å². The molecule has 2 N–H and O–H groups in total. The molecule has 5 nitrogen and oxygen atoms in total. The molecule has 1 fully saturated rings. The van der Waals surface area contributed by atoms with Gasteiger partial charge in [0.05, 0.1) is 11.6 Å². The maximum absolute atomic E-state index is 12.6. The van der Waals surface area contributed by atoms with Crippen LogP contribution in [0.5, 0.6) is 0 Å². The van der Waals surface area contributed by atoms with E-state index < -0.39 is 0 Å². The van der Waals surface area contributed by atoms with Gasteiger partial charge in [0.15, 0.2) is 0 Å². The molecule has 1 aromatic heterocycles. The Kier molecular flexibility index (Phi) is 3.93. The van der Waals surface area contributed by atoms with E-state index in [-0.39, 0.29) is 24.2 Å². The Morgan fingerprint density at radius 2 is 1.96 bits per heavy atom. The van der Waals surface area contributed by atoms with Crippen LogP contribution in [-0.2, 0) is 9.59 Å². The number of amides is 2. The zero-order chi connectivity index (χ0) is 17.4. The molecule has 2 heterocycles. The van der Waals surface area contributed by atoms with Gasteiger partial charge in [-0.05, 0) is 42.5 Å². The summed E-state index contributed by atoms with van der Waals surface area (Å²) in [5.74, 6) is -0.571. The lowest BCUT2D eigenvalue weighted by atomic mass is 10.1. The highest BCUT2D eigenvalue weighted by Gasteiger charge is 2.35. The molecule has 3 aromatic rings. The van der Waals surface area contributed by atoms with Crippen LogP contribution in [0.2, 0.25) is 5.02 Å². The molecule has 25 heavy (non-hydrogen) atoms. The number of hydrogen-bond donors (Lipinski definition) is 2. The lowest BCUT2D eigenvalue weighted by molar-refractivity contribution is -0.122. The van der Waals surface area contributed by atoms with Crippen LogP contribution in [0.25, 0.3) is 10.9 Å². The molecule has 0 aliphatic carbocycles. The van der Waals surface area contributed by atoms with Crippen LogP contribution in [0.4, 0.5) is 11.4 Å². The van der Waals surface area contributed by atoms with Gasteiger partial charge in [-0.3, -0.25) is 9.59 Å². The number of benzene rings is 2. The summed E-state index contributed by atoms with van der Waals surface area (Å²) in [5.41, 5.74) is 2.47. The minimum atomic E-state index is -0.377. The minimum Gasteiger partial charge on any atom is -0.361 e. The third-order valence-electron chi connectivity index (χ3n) is 4.49. The molecule has 0 radical (unpaired) electrons. The first-order valence-electron chi connectivity index (χ1n) is 8.05. The zero-order valence-corrected chi connectivity index (χ0v) is 14.1. The fourth-order valence-corrected chi connectivity index (χ4v) is 3.31. The van der Waals surface area contributed by atoms with Crippen LogP contribution in [0.15, 0.2) is 54.7 Å². The second kappa shape index (κ2) is 6.26. The van der Waals surface area contributed by atoms with Crippen molar-refractivity contribution in [2.45, 2.75) is 6.42 Å². The minimum absolute atomic E-state index is 0.0534. The topological polar surface area (TPSA) is 65.2 Å².